The molecule has 13 heavy (non-hydrogen) atoms. The molecule has 0 unspecified atom stereocenters. The van der Waals surface area contributed by atoms with Crippen molar-refractivity contribution in [3.63, 3.8) is 0 Å². The van der Waals surface area contributed by atoms with E-state index in [9.17, 15) is 4.39 Å². The number of rotatable bonds is 1. The van der Waals surface area contributed by atoms with Crippen molar-refractivity contribution in [1.82, 2.24) is 0 Å². The summed E-state index contributed by atoms with van der Waals surface area (Å²) in [5.41, 5.74) is 1.66. The highest BCUT2D eigenvalue weighted by Crippen LogP contribution is 2.24. The maximum Gasteiger partial charge on any atom is 0.137 e. The van der Waals surface area contributed by atoms with E-state index in [0.717, 1.165) is 28.7 Å². The second kappa shape index (κ2) is 2.87. The van der Waals surface area contributed by atoms with Crippen molar-refractivity contribution in [2.24, 2.45) is 0 Å². The van der Waals surface area contributed by atoms with Crippen LogP contribution in [0.25, 0.3) is 11.0 Å². The monoisotopic (exact) mass is 178 g/mol. The van der Waals surface area contributed by atoms with Gasteiger partial charge >= 0.3 is 0 Å². The fourth-order valence-electron chi connectivity index (χ4n) is 1.51. The van der Waals surface area contributed by atoms with Crippen LogP contribution in [0.3, 0.4) is 0 Å². The van der Waals surface area contributed by atoms with E-state index in [2.05, 4.69) is 0 Å². The van der Waals surface area contributed by atoms with Gasteiger partial charge in [0.2, 0.25) is 0 Å². The van der Waals surface area contributed by atoms with Crippen LogP contribution < -0.4 is 0 Å². The average molecular weight is 178 g/mol. The van der Waals surface area contributed by atoms with Gasteiger partial charge in [0.05, 0.1) is 0 Å². The Morgan fingerprint density at radius 1 is 1.31 bits per heavy atom. The van der Waals surface area contributed by atoms with Gasteiger partial charge in [-0.15, -0.1) is 0 Å². The van der Waals surface area contributed by atoms with Crippen LogP contribution in [0.5, 0.6) is 0 Å². The lowest BCUT2D eigenvalue weighted by Gasteiger charge is -1.94. The molecule has 2 aromatic rings. The molecular formula is C11H11FO. The third kappa shape index (κ3) is 1.32. The molecule has 68 valence electrons. The van der Waals surface area contributed by atoms with E-state index in [1.807, 2.05) is 19.9 Å². The summed E-state index contributed by atoms with van der Waals surface area (Å²) in [5.74, 6) is 0.706. The lowest BCUT2D eigenvalue weighted by molar-refractivity contribution is 0.553. The Morgan fingerprint density at radius 2 is 2.08 bits per heavy atom. The van der Waals surface area contributed by atoms with Gasteiger partial charge in [-0.1, -0.05) is 6.92 Å². The smallest absolute Gasteiger partial charge is 0.137 e. The van der Waals surface area contributed by atoms with Crippen molar-refractivity contribution in [3.8, 4) is 0 Å². The van der Waals surface area contributed by atoms with Crippen LogP contribution in [0, 0.1) is 12.7 Å². The van der Waals surface area contributed by atoms with Gasteiger partial charge in [0.25, 0.3) is 0 Å². The molecule has 0 N–H and O–H groups in total. The van der Waals surface area contributed by atoms with Crippen molar-refractivity contribution in [2.45, 2.75) is 20.3 Å². The molecular weight excluding hydrogens is 167 g/mol. The summed E-state index contributed by atoms with van der Waals surface area (Å²) in [6.07, 6.45) is 0.843. The van der Waals surface area contributed by atoms with Crippen molar-refractivity contribution in [1.29, 1.82) is 0 Å². The van der Waals surface area contributed by atoms with Gasteiger partial charge in [0, 0.05) is 11.8 Å². The third-order valence-electron chi connectivity index (χ3n) is 2.17. The van der Waals surface area contributed by atoms with Crippen molar-refractivity contribution >= 4 is 11.0 Å². The van der Waals surface area contributed by atoms with E-state index < -0.39 is 0 Å². The lowest BCUT2D eigenvalue weighted by Crippen LogP contribution is -1.77. The Balaban J connectivity index is 2.75. The standard InChI is InChI=1S/C11H11FO/c1-3-10-6-8-5-9(12)4-7(2)11(8)13-10/h4-6H,3H2,1-2H3. The predicted octanol–water partition coefficient (Wildman–Crippen LogP) is 3.44. The molecule has 0 aliphatic carbocycles. The molecule has 0 saturated heterocycles. The minimum absolute atomic E-state index is 0.201. The molecule has 0 fully saturated rings. The second-order valence-electron chi connectivity index (χ2n) is 3.21. The number of benzene rings is 1. The molecule has 0 radical (unpaired) electrons. The van der Waals surface area contributed by atoms with Gasteiger partial charge < -0.3 is 4.42 Å². The number of hydrogen-bond acceptors (Lipinski definition) is 1. The quantitative estimate of drug-likeness (QED) is 0.652. The Hall–Kier alpha value is -1.31. The van der Waals surface area contributed by atoms with E-state index >= 15 is 0 Å². The van der Waals surface area contributed by atoms with Crippen LogP contribution in [0.2, 0.25) is 0 Å². The number of hydrogen-bond donors (Lipinski definition) is 0. The fraction of sp³-hybridized carbons (Fsp3) is 0.273. The summed E-state index contributed by atoms with van der Waals surface area (Å²) in [5, 5.41) is 0.856. The molecule has 1 heterocycles. The highest BCUT2D eigenvalue weighted by atomic mass is 19.1. The normalized spacial score (nSPS) is 11.0. The van der Waals surface area contributed by atoms with Crippen LogP contribution in [0.1, 0.15) is 18.2 Å². The minimum Gasteiger partial charge on any atom is -0.461 e. The molecule has 0 amide bonds. The first-order valence-corrected chi connectivity index (χ1v) is 4.39. The highest BCUT2D eigenvalue weighted by molar-refractivity contribution is 5.81. The van der Waals surface area contributed by atoms with Gasteiger partial charge in [0.15, 0.2) is 0 Å². The Bertz CT molecular complexity index is 443. The lowest BCUT2D eigenvalue weighted by atomic mass is 10.1. The molecule has 0 atom stereocenters. The van der Waals surface area contributed by atoms with Gasteiger partial charge in [0.1, 0.15) is 17.2 Å². The molecule has 1 aromatic carbocycles. The molecule has 2 rings (SSSR count). The third-order valence-corrected chi connectivity index (χ3v) is 2.17. The molecule has 0 spiro atoms. The zero-order chi connectivity index (χ0) is 9.42. The van der Waals surface area contributed by atoms with Crippen LogP contribution in [0.4, 0.5) is 4.39 Å². The predicted molar refractivity (Wildman–Crippen MR) is 50.3 cm³/mol. The summed E-state index contributed by atoms with van der Waals surface area (Å²) < 4.78 is 18.5. The molecule has 0 bridgehead atoms. The maximum absolute atomic E-state index is 13.0. The largest absolute Gasteiger partial charge is 0.461 e. The summed E-state index contributed by atoms with van der Waals surface area (Å²) in [7, 11) is 0. The van der Waals surface area contributed by atoms with Crippen molar-refractivity contribution in [2.75, 3.05) is 0 Å². The Kier molecular flexibility index (Phi) is 1.83. The van der Waals surface area contributed by atoms with Gasteiger partial charge in [-0.05, 0) is 30.7 Å². The van der Waals surface area contributed by atoms with Gasteiger partial charge in [-0.25, -0.2) is 4.39 Å². The summed E-state index contributed by atoms with van der Waals surface area (Å²) in [4.78, 5) is 0. The molecule has 0 aliphatic heterocycles. The van der Waals surface area contributed by atoms with E-state index in [-0.39, 0.29) is 5.82 Å². The van der Waals surface area contributed by atoms with Crippen molar-refractivity contribution in [3.05, 3.63) is 35.3 Å². The van der Waals surface area contributed by atoms with Crippen LogP contribution in [0.15, 0.2) is 22.6 Å². The zero-order valence-electron chi connectivity index (χ0n) is 7.73. The molecule has 0 aliphatic rings. The Labute approximate surface area is 76.2 Å². The first-order valence-electron chi connectivity index (χ1n) is 4.39. The van der Waals surface area contributed by atoms with E-state index in [1.165, 1.54) is 12.1 Å². The average Bonchev–Trinajstić information content (AvgIpc) is 2.47. The number of furan rings is 1. The van der Waals surface area contributed by atoms with Crippen LogP contribution in [-0.4, -0.2) is 0 Å². The molecule has 1 nitrogen and oxygen atoms in total. The Morgan fingerprint density at radius 3 is 2.77 bits per heavy atom. The van der Waals surface area contributed by atoms with Crippen LogP contribution in [-0.2, 0) is 6.42 Å². The highest BCUT2D eigenvalue weighted by Gasteiger charge is 2.06. The minimum atomic E-state index is -0.201. The number of aryl methyl sites for hydroxylation is 2. The summed E-state index contributed by atoms with van der Waals surface area (Å²) >= 11 is 0. The van der Waals surface area contributed by atoms with E-state index in [4.69, 9.17) is 4.42 Å². The molecule has 0 saturated carbocycles. The molecule has 2 heteroatoms. The van der Waals surface area contributed by atoms with E-state index in [0.29, 0.717) is 0 Å². The maximum atomic E-state index is 13.0. The summed E-state index contributed by atoms with van der Waals surface area (Å²) in [6.45, 7) is 3.87. The van der Waals surface area contributed by atoms with Gasteiger partial charge in [-0.2, -0.15) is 0 Å². The van der Waals surface area contributed by atoms with Crippen molar-refractivity contribution < 1.29 is 8.81 Å². The second-order valence-corrected chi connectivity index (χ2v) is 3.21. The SMILES string of the molecule is CCc1cc2cc(F)cc(C)c2o1. The van der Waals surface area contributed by atoms with Gasteiger partial charge in [-0.3, -0.25) is 0 Å². The molecule has 1 aromatic heterocycles. The fourth-order valence-corrected chi connectivity index (χ4v) is 1.51. The first-order chi connectivity index (χ1) is 6.20. The number of halogens is 1. The first kappa shape index (κ1) is 8.30. The topological polar surface area (TPSA) is 13.1 Å². The van der Waals surface area contributed by atoms with E-state index in [1.54, 1.807) is 0 Å². The number of fused-ring (bicyclic) bond motifs is 1. The zero-order valence-corrected chi connectivity index (χ0v) is 7.73. The summed E-state index contributed by atoms with van der Waals surface area (Å²) in [6, 6.07) is 4.89. The van der Waals surface area contributed by atoms with Crippen LogP contribution >= 0.6 is 0 Å².